The van der Waals surface area contributed by atoms with Gasteiger partial charge in [-0.05, 0) is 44.0 Å². The highest BCUT2D eigenvalue weighted by Gasteiger charge is 2.08. The third-order valence-corrected chi connectivity index (χ3v) is 3.18. The number of nitrogens with zero attached hydrogens (tertiary/aromatic N) is 2. The van der Waals surface area contributed by atoms with Crippen molar-refractivity contribution in [2.75, 3.05) is 13.2 Å². The largest absolute Gasteiger partial charge is 0.379 e. The van der Waals surface area contributed by atoms with E-state index in [1.165, 1.54) is 0 Å². The maximum Gasteiger partial charge on any atom is 0.261 e. The van der Waals surface area contributed by atoms with Gasteiger partial charge in [-0.1, -0.05) is 6.07 Å². The molecule has 1 aromatic carbocycles. The predicted octanol–water partition coefficient (Wildman–Crippen LogP) is 2.40. The van der Waals surface area contributed by atoms with Crippen molar-refractivity contribution >= 4 is 23.0 Å². The molecule has 0 aliphatic rings. The summed E-state index contributed by atoms with van der Waals surface area (Å²) in [7, 11) is 0. The molecule has 0 atom stereocenters. The molecule has 1 heterocycles. The van der Waals surface area contributed by atoms with Crippen molar-refractivity contribution in [3.63, 3.8) is 0 Å². The van der Waals surface area contributed by atoms with Gasteiger partial charge in [0.1, 0.15) is 11.6 Å². The molecular weight excluding hydrogens is 292 g/mol. The van der Waals surface area contributed by atoms with Crippen LogP contribution in [0.25, 0.3) is 17.1 Å². The summed E-state index contributed by atoms with van der Waals surface area (Å²) >= 11 is 0. The van der Waals surface area contributed by atoms with Gasteiger partial charge in [0.2, 0.25) is 0 Å². The number of aromatic amines is 1. The normalized spacial score (nSPS) is 11.7. The molecule has 1 aromatic heterocycles. The second-order valence-electron chi connectivity index (χ2n) is 5.38. The Hall–Kier alpha value is -2.65. The number of hydrogen-bond acceptors (Lipinski definition) is 4. The van der Waals surface area contributed by atoms with Crippen LogP contribution in [0.1, 0.15) is 25.8 Å². The molecule has 6 nitrogen and oxygen atoms in total. The van der Waals surface area contributed by atoms with E-state index < -0.39 is 0 Å². The molecule has 0 saturated heterocycles. The van der Waals surface area contributed by atoms with E-state index in [0.717, 1.165) is 16.6 Å². The van der Waals surface area contributed by atoms with E-state index in [1.807, 2.05) is 38.1 Å². The molecule has 23 heavy (non-hydrogen) atoms. The number of H-pyrrole nitrogens is 1. The van der Waals surface area contributed by atoms with Crippen molar-refractivity contribution in [2.24, 2.45) is 0 Å². The van der Waals surface area contributed by atoms with Crippen molar-refractivity contribution in [3.8, 4) is 6.07 Å². The minimum Gasteiger partial charge on any atom is -0.379 e. The lowest BCUT2D eigenvalue weighted by Crippen LogP contribution is -2.26. The fraction of sp³-hybridized carbons (Fsp3) is 0.353. The second kappa shape index (κ2) is 8.11. The zero-order valence-corrected chi connectivity index (χ0v) is 13.3. The third kappa shape index (κ3) is 4.94. The summed E-state index contributed by atoms with van der Waals surface area (Å²) < 4.78 is 5.40. The van der Waals surface area contributed by atoms with E-state index in [4.69, 9.17) is 4.74 Å². The molecule has 0 fully saturated rings. The predicted molar refractivity (Wildman–Crippen MR) is 88.4 cm³/mol. The van der Waals surface area contributed by atoms with Crippen molar-refractivity contribution in [1.82, 2.24) is 15.3 Å². The fourth-order valence-corrected chi connectivity index (χ4v) is 2.05. The molecule has 6 heteroatoms. The second-order valence-corrected chi connectivity index (χ2v) is 5.38. The Morgan fingerprint density at radius 1 is 1.52 bits per heavy atom. The van der Waals surface area contributed by atoms with Gasteiger partial charge in [-0.3, -0.25) is 4.79 Å². The summed E-state index contributed by atoms with van der Waals surface area (Å²) in [6, 6.07) is 7.46. The van der Waals surface area contributed by atoms with Gasteiger partial charge in [-0.2, -0.15) is 5.26 Å². The van der Waals surface area contributed by atoms with Gasteiger partial charge >= 0.3 is 0 Å². The summed E-state index contributed by atoms with van der Waals surface area (Å²) in [5, 5.41) is 11.9. The van der Waals surface area contributed by atoms with E-state index in [9.17, 15) is 10.1 Å². The maximum atomic E-state index is 12.0. The summed E-state index contributed by atoms with van der Waals surface area (Å²) in [6.07, 6.45) is 4.07. The van der Waals surface area contributed by atoms with Gasteiger partial charge in [0.15, 0.2) is 0 Å². The Kier molecular flexibility index (Phi) is 5.89. The van der Waals surface area contributed by atoms with Crippen molar-refractivity contribution in [3.05, 3.63) is 35.7 Å². The van der Waals surface area contributed by atoms with Crippen LogP contribution in [0.5, 0.6) is 0 Å². The van der Waals surface area contributed by atoms with E-state index in [2.05, 4.69) is 15.3 Å². The SMILES string of the molecule is CC(C)OCCCNC(=O)/C(C#N)=C\c1ccc2nc[nH]c2c1. The van der Waals surface area contributed by atoms with Crippen molar-refractivity contribution in [1.29, 1.82) is 5.26 Å². The number of benzene rings is 1. The lowest BCUT2D eigenvalue weighted by molar-refractivity contribution is -0.117. The van der Waals surface area contributed by atoms with Crippen LogP contribution in [0.3, 0.4) is 0 Å². The minimum absolute atomic E-state index is 0.0774. The highest BCUT2D eigenvalue weighted by atomic mass is 16.5. The molecule has 0 aliphatic heterocycles. The molecular formula is C17H20N4O2. The Labute approximate surface area is 135 Å². The quantitative estimate of drug-likeness (QED) is 0.466. The number of ether oxygens (including phenoxy) is 1. The van der Waals surface area contributed by atoms with Gasteiger partial charge in [0.25, 0.3) is 5.91 Å². The molecule has 0 aliphatic carbocycles. The zero-order chi connectivity index (χ0) is 16.7. The number of nitriles is 1. The van der Waals surface area contributed by atoms with Crippen LogP contribution < -0.4 is 5.32 Å². The molecule has 0 saturated carbocycles. The Morgan fingerprint density at radius 2 is 2.35 bits per heavy atom. The first-order valence-electron chi connectivity index (χ1n) is 7.55. The molecule has 0 spiro atoms. The number of carbonyl (C=O) groups is 1. The first-order chi connectivity index (χ1) is 11.1. The van der Waals surface area contributed by atoms with E-state index in [1.54, 1.807) is 12.4 Å². The number of rotatable bonds is 7. The van der Waals surface area contributed by atoms with E-state index in [-0.39, 0.29) is 17.6 Å². The maximum absolute atomic E-state index is 12.0. The van der Waals surface area contributed by atoms with Crippen LogP contribution in [-0.4, -0.2) is 35.1 Å². The number of carbonyl (C=O) groups excluding carboxylic acids is 1. The lowest BCUT2D eigenvalue weighted by atomic mass is 10.1. The molecule has 0 bridgehead atoms. The van der Waals surface area contributed by atoms with Gasteiger partial charge in [-0.25, -0.2) is 4.98 Å². The Morgan fingerprint density at radius 3 is 3.09 bits per heavy atom. The minimum atomic E-state index is -0.373. The first kappa shape index (κ1) is 16.7. The van der Waals surface area contributed by atoms with Crippen LogP contribution in [0.2, 0.25) is 0 Å². The molecule has 0 radical (unpaired) electrons. The van der Waals surface area contributed by atoms with Crippen LogP contribution in [-0.2, 0) is 9.53 Å². The summed E-state index contributed by atoms with van der Waals surface area (Å²) in [4.78, 5) is 19.2. The third-order valence-electron chi connectivity index (χ3n) is 3.18. The smallest absolute Gasteiger partial charge is 0.261 e. The molecule has 120 valence electrons. The molecule has 1 amide bonds. The number of amides is 1. The van der Waals surface area contributed by atoms with Gasteiger partial charge in [0.05, 0.1) is 23.5 Å². The zero-order valence-electron chi connectivity index (χ0n) is 13.3. The standard InChI is InChI=1S/C17H20N4O2/c1-12(2)23-7-3-6-19-17(22)14(10-18)8-13-4-5-15-16(9-13)21-11-20-15/h4-5,8-9,11-12H,3,6-7H2,1-2H3,(H,19,22)(H,20,21)/b14-8-. The summed E-state index contributed by atoms with van der Waals surface area (Å²) in [5.74, 6) is -0.373. The topological polar surface area (TPSA) is 90.8 Å². The summed E-state index contributed by atoms with van der Waals surface area (Å²) in [6.45, 7) is 4.99. The highest BCUT2D eigenvalue weighted by Crippen LogP contribution is 2.14. The molecule has 2 N–H and O–H groups in total. The monoisotopic (exact) mass is 312 g/mol. The molecule has 0 unspecified atom stereocenters. The summed E-state index contributed by atoms with van der Waals surface area (Å²) in [5.41, 5.74) is 2.56. The Balaban J connectivity index is 1.95. The first-order valence-corrected chi connectivity index (χ1v) is 7.55. The average Bonchev–Trinajstić information content (AvgIpc) is 2.99. The van der Waals surface area contributed by atoms with Crippen LogP contribution in [0.15, 0.2) is 30.1 Å². The van der Waals surface area contributed by atoms with Crippen molar-refractivity contribution < 1.29 is 9.53 Å². The van der Waals surface area contributed by atoms with Crippen LogP contribution in [0.4, 0.5) is 0 Å². The molecule has 2 aromatic rings. The molecule has 2 rings (SSSR count). The number of aromatic nitrogens is 2. The van der Waals surface area contributed by atoms with Crippen LogP contribution in [0, 0.1) is 11.3 Å². The van der Waals surface area contributed by atoms with E-state index >= 15 is 0 Å². The number of imidazole rings is 1. The lowest BCUT2D eigenvalue weighted by Gasteiger charge is -2.08. The van der Waals surface area contributed by atoms with Gasteiger partial charge < -0.3 is 15.0 Å². The fourth-order valence-electron chi connectivity index (χ4n) is 2.05. The highest BCUT2D eigenvalue weighted by molar-refractivity contribution is 6.01. The van der Waals surface area contributed by atoms with E-state index in [0.29, 0.717) is 19.6 Å². The van der Waals surface area contributed by atoms with Gasteiger partial charge in [0, 0.05) is 13.2 Å². The number of hydrogen-bond donors (Lipinski definition) is 2. The number of nitrogens with one attached hydrogen (secondary N) is 2. The Bertz CT molecular complexity index is 740. The van der Waals surface area contributed by atoms with Crippen LogP contribution >= 0.6 is 0 Å². The average molecular weight is 312 g/mol. The van der Waals surface area contributed by atoms with Gasteiger partial charge in [-0.15, -0.1) is 0 Å². The number of fused-ring (bicyclic) bond motifs is 1. The van der Waals surface area contributed by atoms with Crippen molar-refractivity contribution in [2.45, 2.75) is 26.4 Å².